The van der Waals surface area contributed by atoms with Crippen molar-refractivity contribution in [2.24, 2.45) is 74.9 Å². The maximum atomic E-state index is 13.7. The number of hydrogen-bond acceptors (Lipinski definition) is 14. The summed E-state index contributed by atoms with van der Waals surface area (Å²) in [6.45, 7) is 8.75. The molecule has 66 heavy (non-hydrogen) atoms. The first-order valence-corrected chi connectivity index (χ1v) is 24.1. The molecule has 0 heterocycles. The number of aliphatic hydroxyl groups excluding tert-OH is 2. The van der Waals surface area contributed by atoms with Gasteiger partial charge in [-0.1, -0.05) is 57.9 Å². The van der Waals surface area contributed by atoms with Gasteiger partial charge in [0, 0.05) is 34.5 Å². The number of ether oxygens (including phenoxy) is 4. The fourth-order valence-electron chi connectivity index (χ4n) is 15.6. The number of esters is 4. The maximum Gasteiger partial charge on any atom is 0.309 e. The number of aliphatic hydroxyl groups is 2. The fourth-order valence-corrected chi connectivity index (χ4v) is 15.6. The van der Waals surface area contributed by atoms with Gasteiger partial charge in [-0.05, 0) is 123 Å². The Hall–Kier alpha value is -4.56. The number of carbonyl (C=O) groups excluding carboxylic acids is 8. The largest absolute Gasteiger partial charge is 0.458 e. The lowest BCUT2D eigenvalue weighted by Crippen LogP contribution is -2.56. The molecule has 8 rings (SSSR count). The topological polar surface area (TPSA) is 214 Å². The summed E-state index contributed by atoms with van der Waals surface area (Å²) < 4.78 is 20.4. The number of ketones is 4. The van der Waals surface area contributed by atoms with Gasteiger partial charge in [-0.3, -0.25) is 38.4 Å². The van der Waals surface area contributed by atoms with E-state index >= 15 is 0 Å². The van der Waals surface area contributed by atoms with Crippen LogP contribution in [0.25, 0.3) is 0 Å². The van der Waals surface area contributed by atoms with E-state index in [1.54, 1.807) is 24.3 Å². The quantitative estimate of drug-likeness (QED) is 0.119. The molecule has 0 aromatic heterocycles. The zero-order chi connectivity index (χ0) is 47.5. The van der Waals surface area contributed by atoms with Gasteiger partial charge in [-0.15, -0.1) is 0 Å². The molecule has 8 aliphatic carbocycles. The molecule has 0 spiro atoms. The Balaban J connectivity index is 0.713. The highest BCUT2D eigenvalue weighted by molar-refractivity contribution is 6.01. The SMILES string of the molecule is CC1CC2C3CCC4=CC(=O)C=CC4(C)C3C(O)CC2(C)C1C(=O)COC(=O)CCC(=O)OCOC(=O)CCC(=O)OCC(=O)C1CCC2C3CCC4=CC(=O)C=CC4(C)C3C(O)CC12C. The summed E-state index contributed by atoms with van der Waals surface area (Å²) in [7, 11) is 0. The summed E-state index contributed by atoms with van der Waals surface area (Å²) in [5.41, 5.74) is 0.362. The number of allylic oxidation sites excluding steroid dienone is 8. The third-order valence-electron chi connectivity index (χ3n) is 18.3. The average Bonchev–Trinajstić information content (AvgIpc) is 3.74. The van der Waals surface area contributed by atoms with Crippen LogP contribution in [0, 0.1) is 74.9 Å². The van der Waals surface area contributed by atoms with E-state index in [0.717, 1.165) is 49.7 Å². The van der Waals surface area contributed by atoms with E-state index in [1.165, 1.54) is 0 Å². The summed E-state index contributed by atoms with van der Waals surface area (Å²) in [6, 6.07) is 0. The zero-order valence-electron chi connectivity index (χ0n) is 38.9. The predicted octanol–water partition coefficient (Wildman–Crippen LogP) is 5.85. The predicted molar refractivity (Wildman–Crippen MR) is 235 cm³/mol. The molecule has 6 saturated carbocycles. The molecule has 14 heteroatoms. The molecule has 2 N–H and O–H groups in total. The van der Waals surface area contributed by atoms with Crippen molar-refractivity contribution in [1.29, 1.82) is 0 Å². The van der Waals surface area contributed by atoms with Crippen LogP contribution in [0.1, 0.15) is 118 Å². The minimum Gasteiger partial charge on any atom is -0.458 e. The number of rotatable bonds is 14. The summed E-state index contributed by atoms with van der Waals surface area (Å²) in [5.74, 6) is -3.83. The first-order chi connectivity index (χ1) is 31.2. The molecular formula is C52H66O14. The molecule has 0 aliphatic heterocycles. The molecule has 0 bridgehead atoms. The van der Waals surface area contributed by atoms with Gasteiger partial charge in [0.1, 0.15) is 13.2 Å². The van der Waals surface area contributed by atoms with Crippen molar-refractivity contribution < 1.29 is 67.5 Å². The minimum absolute atomic E-state index is 0.0111. The molecule has 358 valence electrons. The molecule has 0 aromatic rings. The first-order valence-electron chi connectivity index (χ1n) is 24.1. The number of hydrogen-bond donors (Lipinski definition) is 2. The minimum atomic E-state index is -0.837. The molecule has 14 nitrogen and oxygen atoms in total. The van der Waals surface area contributed by atoms with E-state index in [4.69, 9.17) is 18.9 Å². The maximum absolute atomic E-state index is 13.7. The molecule has 15 atom stereocenters. The van der Waals surface area contributed by atoms with Gasteiger partial charge < -0.3 is 29.2 Å². The van der Waals surface area contributed by atoms with E-state index < -0.39 is 83.7 Å². The van der Waals surface area contributed by atoms with Crippen LogP contribution < -0.4 is 0 Å². The van der Waals surface area contributed by atoms with Crippen LogP contribution in [0.15, 0.2) is 47.6 Å². The van der Waals surface area contributed by atoms with Crippen LogP contribution in [-0.4, -0.2) is 89.4 Å². The fraction of sp³-hybridized carbons (Fsp3) is 0.692. The van der Waals surface area contributed by atoms with Crippen LogP contribution in [0.3, 0.4) is 0 Å². The highest BCUT2D eigenvalue weighted by Crippen LogP contribution is 2.68. The van der Waals surface area contributed by atoms with Crippen molar-refractivity contribution >= 4 is 47.0 Å². The van der Waals surface area contributed by atoms with Gasteiger partial charge in [0.05, 0.1) is 37.9 Å². The van der Waals surface area contributed by atoms with Crippen molar-refractivity contribution in [2.75, 3.05) is 20.0 Å². The second kappa shape index (κ2) is 18.2. The Labute approximate surface area is 386 Å². The Bertz CT molecular complexity index is 2180. The highest BCUT2D eigenvalue weighted by Gasteiger charge is 2.65. The normalized spacial score (nSPS) is 40.5. The Morgan fingerprint density at radius 2 is 1.06 bits per heavy atom. The summed E-state index contributed by atoms with van der Waals surface area (Å²) in [6.07, 6.45) is 14.1. The number of Topliss-reactive ketones (excluding diaryl/α,β-unsaturated/α-hetero) is 2. The van der Waals surface area contributed by atoms with Crippen molar-refractivity contribution in [3.63, 3.8) is 0 Å². The van der Waals surface area contributed by atoms with Gasteiger partial charge in [0.2, 0.25) is 6.79 Å². The first kappa shape index (κ1) is 47.9. The third-order valence-corrected chi connectivity index (χ3v) is 18.3. The van der Waals surface area contributed by atoms with E-state index in [2.05, 4.69) is 27.7 Å². The third kappa shape index (κ3) is 8.51. The van der Waals surface area contributed by atoms with Crippen LogP contribution in [0.5, 0.6) is 0 Å². The van der Waals surface area contributed by atoms with Crippen LogP contribution in [-0.2, 0) is 57.3 Å². The van der Waals surface area contributed by atoms with Gasteiger partial charge in [-0.2, -0.15) is 0 Å². The second-order valence-electron chi connectivity index (χ2n) is 21.8. The molecule has 8 aliphatic rings. The highest BCUT2D eigenvalue weighted by atomic mass is 16.7. The molecular weight excluding hydrogens is 849 g/mol. The molecule has 6 fully saturated rings. The van der Waals surface area contributed by atoms with Crippen LogP contribution in [0.2, 0.25) is 0 Å². The standard InChI is InChI=1S/C52H66O14/c1-28-20-37-34-9-7-30-22-32(54)17-19-50(30,3)48(34)39(56)24-52(37,5)46(28)41(58)26-64-43(60)13-15-45(62)66-27-65-44(61)14-12-42(59)63-25-40(57)36-11-10-35-33-8-6-29-21-31(53)16-18-49(29,2)47(33)38(55)23-51(35,36)4/h16-19,21-22,28,33-39,46-48,55-56H,6-15,20,23-27H2,1-5H3. The van der Waals surface area contributed by atoms with Crippen LogP contribution >= 0.6 is 0 Å². The molecule has 15 unspecified atom stereocenters. The van der Waals surface area contributed by atoms with Crippen LogP contribution in [0.4, 0.5) is 0 Å². The number of fused-ring (bicyclic) bond motifs is 10. The Morgan fingerprint density at radius 3 is 1.58 bits per heavy atom. The Kier molecular flexibility index (Phi) is 13.2. The van der Waals surface area contributed by atoms with E-state index in [-0.39, 0.29) is 96.2 Å². The van der Waals surface area contributed by atoms with Crippen molar-refractivity contribution in [1.82, 2.24) is 0 Å². The van der Waals surface area contributed by atoms with Crippen molar-refractivity contribution in [3.8, 4) is 0 Å². The van der Waals surface area contributed by atoms with E-state index in [9.17, 15) is 48.6 Å². The summed E-state index contributed by atoms with van der Waals surface area (Å²) in [5, 5.41) is 23.2. The van der Waals surface area contributed by atoms with Gasteiger partial charge >= 0.3 is 23.9 Å². The molecule has 0 radical (unpaired) electrons. The lowest BCUT2D eigenvalue weighted by molar-refractivity contribution is -0.169. The van der Waals surface area contributed by atoms with Crippen molar-refractivity contribution in [3.05, 3.63) is 47.6 Å². The van der Waals surface area contributed by atoms with Gasteiger partial charge in [-0.25, -0.2) is 0 Å². The van der Waals surface area contributed by atoms with E-state index in [1.807, 2.05) is 19.1 Å². The average molecular weight is 915 g/mol. The molecule has 0 saturated heterocycles. The van der Waals surface area contributed by atoms with E-state index in [0.29, 0.717) is 19.3 Å². The smallest absolute Gasteiger partial charge is 0.309 e. The lowest BCUT2D eigenvalue weighted by Gasteiger charge is -2.58. The summed E-state index contributed by atoms with van der Waals surface area (Å²) in [4.78, 5) is 101. The van der Waals surface area contributed by atoms with Gasteiger partial charge in [0.15, 0.2) is 23.1 Å². The second-order valence-corrected chi connectivity index (χ2v) is 21.8. The molecule has 0 aromatic carbocycles. The Morgan fingerprint density at radius 1 is 0.606 bits per heavy atom. The number of carbonyl (C=O) groups is 8. The zero-order valence-corrected chi connectivity index (χ0v) is 38.9. The summed E-state index contributed by atoms with van der Waals surface area (Å²) >= 11 is 0. The van der Waals surface area contributed by atoms with Crippen molar-refractivity contribution in [2.45, 2.75) is 130 Å². The van der Waals surface area contributed by atoms with Gasteiger partial charge in [0.25, 0.3) is 0 Å². The molecule has 0 amide bonds. The monoisotopic (exact) mass is 914 g/mol. The lowest BCUT2D eigenvalue weighted by atomic mass is 9.46.